The Morgan fingerprint density at radius 1 is 1.31 bits per heavy atom. The first-order valence-corrected chi connectivity index (χ1v) is 4.99. The third-order valence-corrected chi connectivity index (χ3v) is 3.07. The molecule has 0 bridgehead atoms. The number of fused-ring (bicyclic) bond motifs is 1. The Labute approximate surface area is 77.8 Å². The normalized spacial score (nSPS) is 31.2. The van der Waals surface area contributed by atoms with Crippen LogP contribution in [-0.2, 0) is 0 Å². The van der Waals surface area contributed by atoms with Gasteiger partial charge in [-0.2, -0.15) is 0 Å². The molecule has 1 aromatic heterocycles. The van der Waals surface area contributed by atoms with E-state index in [0.29, 0.717) is 0 Å². The summed E-state index contributed by atoms with van der Waals surface area (Å²) >= 11 is 0. The van der Waals surface area contributed by atoms with Gasteiger partial charge in [0.1, 0.15) is 0 Å². The average Bonchev–Trinajstić information content (AvgIpc) is 2.97. The predicted molar refractivity (Wildman–Crippen MR) is 50.5 cm³/mol. The van der Waals surface area contributed by atoms with Gasteiger partial charge in [-0.25, -0.2) is 9.97 Å². The first-order valence-electron chi connectivity index (χ1n) is 4.99. The lowest BCUT2D eigenvalue weighted by Crippen LogP contribution is -2.32. The van der Waals surface area contributed by atoms with E-state index in [4.69, 9.17) is 0 Å². The molecule has 68 valence electrons. The van der Waals surface area contributed by atoms with Gasteiger partial charge >= 0.3 is 0 Å². The van der Waals surface area contributed by atoms with E-state index >= 15 is 0 Å². The van der Waals surface area contributed by atoms with Crippen molar-refractivity contribution < 1.29 is 0 Å². The number of aromatic nitrogens is 2. The third-order valence-electron chi connectivity index (χ3n) is 3.07. The second-order valence-corrected chi connectivity index (χ2v) is 3.95. The highest BCUT2D eigenvalue weighted by molar-refractivity contribution is 5.35. The molecule has 1 aromatic rings. The average molecular weight is 175 g/mol. The molecule has 2 unspecified atom stereocenters. The number of hydrogen-bond acceptors (Lipinski definition) is 3. The van der Waals surface area contributed by atoms with Crippen LogP contribution >= 0.6 is 0 Å². The summed E-state index contributed by atoms with van der Waals surface area (Å²) in [6.45, 7) is 1.14. The molecule has 2 heterocycles. The highest BCUT2D eigenvalue weighted by atomic mass is 15.3. The molecule has 3 nitrogen and oxygen atoms in total. The minimum absolute atomic E-state index is 0.760. The van der Waals surface area contributed by atoms with Crippen LogP contribution in [0.25, 0.3) is 0 Å². The number of piperidine rings is 1. The van der Waals surface area contributed by atoms with Gasteiger partial charge in [-0.3, -0.25) is 0 Å². The van der Waals surface area contributed by atoms with Gasteiger partial charge < -0.3 is 4.90 Å². The standard InChI is InChI=1S/C10H13N3/c1-3-8-7-9(8)13(6-1)10-11-4-2-5-12-10/h2,4-5,8-9H,1,3,6-7H2. The van der Waals surface area contributed by atoms with E-state index in [1.807, 2.05) is 18.5 Å². The summed E-state index contributed by atoms with van der Waals surface area (Å²) in [7, 11) is 0. The van der Waals surface area contributed by atoms with E-state index in [1.54, 1.807) is 0 Å². The molecule has 13 heavy (non-hydrogen) atoms. The van der Waals surface area contributed by atoms with Crippen molar-refractivity contribution >= 4 is 5.95 Å². The maximum Gasteiger partial charge on any atom is 0.225 e. The van der Waals surface area contributed by atoms with Crippen molar-refractivity contribution in [3.8, 4) is 0 Å². The molecule has 1 saturated carbocycles. The van der Waals surface area contributed by atoms with Crippen LogP contribution in [0.3, 0.4) is 0 Å². The zero-order valence-electron chi connectivity index (χ0n) is 7.56. The van der Waals surface area contributed by atoms with E-state index in [1.165, 1.54) is 19.3 Å². The van der Waals surface area contributed by atoms with Crippen molar-refractivity contribution in [2.24, 2.45) is 5.92 Å². The molecule has 1 saturated heterocycles. The first kappa shape index (κ1) is 7.30. The number of anilines is 1. The van der Waals surface area contributed by atoms with Crippen molar-refractivity contribution in [2.75, 3.05) is 11.4 Å². The highest BCUT2D eigenvalue weighted by Crippen LogP contribution is 2.43. The van der Waals surface area contributed by atoms with Gasteiger partial charge in [-0.1, -0.05) is 0 Å². The Hall–Kier alpha value is -1.12. The molecular weight excluding hydrogens is 162 g/mol. The Kier molecular flexibility index (Phi) is 1.51. The second-order valence-electron chi connectivity index (χ2n) is 3.95. The van der Waals surface area contributed by atoms with Gasteiger partial charge in [0.25, 0.3) is 0 Å². The van der Waals surface area contributed by atoms with E-state index in [0.717, 1.165) is 24.5 Å². The molecule has 0 N–H and O–H groups in total. The topological polar surface area (TPSA) is 29.0 Å². The third kappa shape index (κ3) is 1.19. The SMILES string of the molecule is c1cnc(N2CCCC3CC32)nc1. The van der Waals surface area contributed by atoms with Crippen molar-refractivity contribution in [1.29, 1.82) is 0 Å². The molecule has 0 amide bonds. The zero-order valence-corrected chi connectivity index (χ0v) is 7.56. The predicted octanol–water partition coefficient (Wildman–Crippen LogP) is 1.47. The molecule has 3 rings (SSSR count). The summed E-state index contributed by atoms with van der Waals surface area (Å²) in [5, 5.41) is 0. The van der Waals surface area contributed by atoms with Crippen molar-refractivity contribution in [2.45, 2.75) is 25.3 Å². The fourth-order valence-electron chi connectivity index (χ4n) is 2.30. The van der Waals surface area contributed by atoms with Crippen LogP contribution in [0.4, 0.5) is 5.95 Å². The van der Waals surface area contributed by atoms with Crippen molar-refractivity contribution in [1.82, 2.24) is 9.97 Å². The molecule has 3 heteroatoms. The summed E-state index contributed by atoms with van der Waals surface area (Å²) in [6.07, 6.45) is 7.73. The quantitative estimate of drug-likeness (QED) is 0.647. The minimum atomic E-state index is 0.760. The van der Waals surface area contributed by atoms with Gasteiger partial charge in [0.15, 0.2) is 0 Å². The van der Waals surface area contributed by atoms with Crippen molar-refractivity contribution in [3.05, 3.63) is 18.5 Å². The first-order chi connectivity index (χ1) is 6.45. The molecule has 0 spiro atoms. The second kappa shape index (κ2) is 2.69. The van der Waals surface area contributed by atoms with Crippen LogP contribution in [0.1, 0.15) is 19.3 Å². The maximum absolute atomic E-state index is 4.29. The van der Waals surface area contributed by atoms with Gasteiger partial charge in [-0.15, -0.1) is 0 Å². The summed E-state index contributed by atoms with van der Waals surface area (Å²) in [5.41, 5.74) is 0. The minimum Gasteiger partial charge on any atom is -0.338 e. The van der Waals surface area contributed by atoms with Crippen LogP contribution in [-0.4, -0.2) is 22.6 Å². The zero-order chi connectivity index (χ0) is 8.67. The van der Waals surface area contributed by atoms with Gasteiger partial charge in [0.2, 0.25) is 5.95 Å². The van der Waals surface area contributed by atoms with E-state index in [2.05, 4.69) is 14.9 Å². The molecule has 0 aromatic carbocycles. The lowest BCUT2D eigenvalue weighted by Gasteiger charge is -2.26. The summed E-state index contributed by atoms with van der Waals surface area (Å²) in [6, 6.07) is 2.63. The smallest absolute Gasteiger partial charge is 0.225 e. The van der Waals surface area contributed by atoms with E-state index in [-0.39, 0.29) is 0 Å². The molecule has 2 atom stereocenters. The molecular formula is C10H13N3. The van der Waals surface area contributed by atoms with Crippen LogP contribution < -0.4 is 4.90 Å². The fourth-order valence-corrected chi connectivity index (χ4v) is 2.30. The number of nitrogens with zero attached hydrogens (tertiary/aromatic N) is 3. The molecule has 1 aliphatic heterocycles. The number of hydrogen-bond donors (Lipinski definition) is 0. The van der Waals surface area contributed by atoms with Crippen LogP contribution in [0.5, 0.6) is 0 Å². The molecule has 2 aliphatic rings. The Morgan fingerprint density at radius 3 is 3.00 bits per heavy atom. The summed E-state index contributed by atoms with van der Waals surface area (Å²) < 4.78 is 0. The van der Waals surface area contributed by atoms with Crippen LogP contribution in [0.15, 0.2) is 18.5 Å². The Morgan fingerprint density at radius 2 is 2.15 bits per heavy atom. The fraction of sp³-hybridized carbons (Fsp3) is 0.600. The van der Waals surface area contributed by atoms with Gasteiger partial charge in [-0.05, 0) is 31.2 Å². The monoisotopic (exact) mass is 175 g/mol. The Bertz CT molecular complexity index is 298. The summed E-state index contributed by atoms with van der Waals surface area (Å²) in [4.78, 5) is 11.0. The van der Waals surface area contributed by atoms with Gasteiger partial charge in [0, 0.05) is 25.0 Å². The maximum atomic E-state index is 4.29. The van der Waals surface area contributed by atoms with Crippen molar-refractivity contribution in [3.63, 3.8) is 0 Å². The van der Waals surface area contributed by atoms with Crippen LogP contribution in [0, 0.1) is 5.92 Å². The number of rotatable bonds is 1. The molecule has 1 aliphatic carbocycles. The lowest BCUT2D eigenvalue weighted by atomic mass is 10.1. The van der Waals surface area contributed by atoms with E-state index in [9.17, 15) is 0 Å². The van der Waals surface area contributed by atoms with Crippen LogP contribution in [0.2, 0.25) is 0 Å². The molecule has 0 radical (unpaired) electrons. The lowest BCUT2D eigenvalue weighted by molar-refractivity contribution is 0.550. The van der Waals surface area contributed by atoms with E-state index < -0.39 is 0 Å². The Balaban J connectivity index is 1.85. The summed E-state index contributed by atoms with van der Waals surface area (Å²) in [5.74, 6) is 1.87. The largest absolute Gasteiger partial charge is 0.338 e. The molecule has 2 fully saturated rings. The van der Waals surface area contributed by atoms with Gasteiger partial charge in [0.05, 0.1) is 0 Å². The highest BCUT2D eigenvalue weighted by Gasteiger charge is 2.44.